The lowest BCUT2D eigenvalue weighted by molar-refractivity contribution is 0.591. The molecule has 0 spiro atoms. The summed E-state index contributed by atoms with van der Waals surface area (Å²) in [6, 6.07) is 56.5. The van der Waals surface area contributed by atoms with Crippen LogP contribution in [-0.2, 0) is 10.8 Å². The zero-order valence-electron chi connectivity index (χ0n) is 32.9. The average molecular weight is 715 g/mol. The number of hydrogen-bond donors (Lipinski definition) is 0. The van der Waals surface area contributed by atoms with Gasteiger partial charge >= 0.3 is 0 Å². The molecule has 0 atom stereocenters. The van der Waals surface area contributed by atoms with E-state index in [0.717, 1.165) is 0 Å². The standard InChI is InChI=1S/C56H42/c1-55(2,3)38-26-34-12-10-31-14-19-40(46-22-17-36(28-38)50(34)52(31)46)33-16-21-43-48-25-24-42(44-8-7-9-45(54(44)48)49(43)30-33)41-20-15-32-11-13-35-27-39(56(4,5)6)29-37-18-23-47(41)53(32)51(35)37/h7-30H,1-6H3. The third kappa shape index (κ3) is 4.30. The van der Waals surface area contributed by atoms with E-state index in [4.69, 9.17) is 0 Å². The van der Waals surface area contributed by atoms with E-state index in [0.29, 0.717) is 0 Å². The molecule has 0 heterocycles. The van der Waals surface area contributed by atoms with Crippen molar-refractivity contribution in [1.82, 2.24) is 0 Å². The second-order valence-corrected chi connectivity index (χ2v) is 18.5. The van der Waals surface area contributed by atoms with Crippen molar-refractivity contribution in [3.63, 3.8) is 0 Å². The molecular weight excluding hydrogens is 673 g/mol. The number of rotatable bonds is 2. The minimum atomic E-state index is 0.0945. The zero-order chi connectivity index (χ0) is 37.8. The van der Waals surface area contributed by atoms with Crippen LogP contribution in [0.2, 0.25) is 0 Å². The quantitative estimate of drug-likeness (QED) is 0.156. The van der Waals surface area contributed by atoms with Gasteiger partial charge in [-0.3, -0.25) is 0 Å². The second kappa shape index (κ2) is 10.7. The topological polar surface area (TPSA) is 0 Å². The highest BCUT2D eigenvalue weighted by Gasteiger charge is 2.25. The average Bonchev–Trinajstić information content (AvgIpc) is 3.52. The molecule has 0 radical (unpaired) electrons. The molecule has 0 heteroatoms. The summed E-state index contributed by atoms with van der Waals surface area (Å²) >= 11 is 0. The fourth-order valence-corrected chi connectivity index (χ4v) is 10.3. The van der Waals surface area contributed by atoms with Crippen LogP contribution in [0.3, 0.4) is 0 Å². The van der Waals surface area contributed by atoms with Crippen LogP contribution < -0.4 is 0 Å². The highest BCUT2D eigenvalue weighted by atomic mass is 14.3. The summed E-state index contributed by atoms with van der Waals surface area (Å²) in [5.41, 5.74) is 13.4. The van der Waals surface area contributed by atoms with Crippen LogP contribution in [0.25, 0.3) is 120 Å². The Kier molecular flexibility index (Phi) is 6.15. The molecule has 1 aliphatic carbocycles. The molecule has 12 rings (SSSR count). The van der Waals surface area contributed by atoms with Crippen molar-refractivity contribution in [1.29, 1.82) is 0 Å². The van der Waals surface area contributed by atoms with Gasteiger partial charge in [-0.25, -0.2) is 0 Å². The third-order valence-corrected chi connectivity index (χ3v) is 13.2. The van der Waals surface area contributed by atoms with Gasteiger partial charge in [-0.1, -0.05) is 181 Å². The highest BCUT2D eigenvalue weighted by molar-refractivity contribution is 6.28. The smallest absolute Gasteiger partial charge is 0.00201 e. The van der Waals surface area contributed by atoms with Gasteiger partial charge in [-0.05, 0) is 148 Å². The van der Waals surface area contributed by atoms with Gasteiger partial charge < -0.3 is 0 Å². The first kappa shape index (κ1) is 32.0. The highest BCUT2D eigenvalue weighted by Crippen LogP contribution is 2.52. The number of benzene rings is 11. The molecule has 11 aromatic rings. The maximum absolute atomic E-state index is 2.45. The summed E-state index contributed by atoms with van der Waals surface area (Å²) < 4.78 is 0. The first-order chi connectivity index (χ1) is 27.0. The Morgan fingerprint density at radius 1 is 0.268 bits per heavy atom. The number of fused-ring (bicyclic) bond motifs is 3. The van der Waals surface area contributed by atoms with E-state index in [9.17, 15) is 0 Å². The summed E-state index contributed by atoms with van der Waals surface area (Å²) in [5.74, 6) is 0. The van der Waals surface area contributed by atoms with Crippen molar-refractivity contribution < 1.29 is 0 Å². The minimum absolute atomic E-state index is 0.0945. The monoisotopic (exact) mass is 714 g/mol. The Hall–Kier alpha value is -6.24. The Balaban J connectivity index is 1.02. The normalized spacial score (nSPS) is 13.2. The van der Waals surface area contributed by atoms with Crippen LogP contribution in [0.1, 0.15) is 52.7 Å². The van der Waals surface area contributed by atoms with Gasteiger partial charge in [0, 0.05) is 0 Å². The Labute approximate surface area is 327 Å². The van der Waals surface area contributed by atoms with E-state index < -0.39 is 0 Å². The maximum Gasteiger partial charge on any atom is -0.00201 e. The predicted molar refractivity (Wildman–Crippen MR) is 244 cm³/mol. The predicted octanol–water partition coefficient (Wildman–Crippen LogP) is 16.2. The Morgan fingerprint density at radius 2 is 0.679 bits per heavy atom. The largest absolute Gasteiger partial charge is 0.0610 e. The minimum Gasteiger partial charge on any atom is -0.0610 e. The van der Waals surface area contributed by atoms with Crippen molar-refractivity contribution in [3.05, 3.63) is 157 Å². The molecule has 0 saturated heterocycles. The van der Waals surface area contributed by atoms with Crippen molar-refractivity contribution in [3.8, 4) is 44.5 Å². The molecule has 0 nitrogen and oxygen atoms in total. The van der Waals surface area contributed by atoms with Crippen molar-refractivity contribution >= 4 is 75.4 Å². The van der Waals surface area contributed by atoms with Crippen molar-refractivity contribution in [2.45, 2.75) is 52.4 Å². The van der Waals surface area contributed by atoms with Crippen molar-refractivity contribution in [2.75, 3.05) is 0 Å². The molecule has 0 unspecified atom stereocenters. The Bertz CT molecular complexity index is 3430. The van der Waals surface area contributed by atoms with Gasteiger partial charge in [0.2, 0.25) is 0 Å². The molecule has 0 bridgehead atoms. The lowest BCUT2D eigenvalue weighted by atomic mass is 9.82. The van der Waals surface area contributed by atoms with Gasteiger partial charge in [-0.15, -0.1) is 0 Å². The summed E-state index contributed by atoms with van der Waals surface area (Å²) in [4.78, 5) is 0. The second-order valence-electron chi connectivity index (χ2n) is 18.5. The Morgan fingerprint density at radius 3 is 1.25 bits per heavy atom. The molecule has 56 heavy (non-hydrogen) atoms. The first-order valence-electron chi connectivity index (χ1n) is 20.2. The van der Waals surface area contributed by atoms with E-state index in [1.165, 1.54) is 131 Å². The van der Waals surface area contributed by atoms with Crippen LogP contribution in [-0.4, -0.2) is 0 Å². The molecule has 0 fully saturated rings. The van der Waals surface area contributed by atoms with Crippen molar-refractivity contribution in [2.24, 2.45) is 0 Å². The van der Waals surface area contributed by atoms with Crippen LogP contribution >= 0.6 is 0 Å². The fourth-order valence-electron chi connectivity index (χ4n) is 10.3. The molecule has 0 N–H and O–H groups in total. The molecule has 266 valence electrons. The lowest BCUT2D eigenvalue weighted by Gasteiger charge is -2.22. The molecule has 11 aromatic carbocycles. The van der Waals surface area contributed by atoms with Gasteiger partial charge in [0.25, 0.3) is 0 Å². The maximum atomic E-state index is 2.45. The first-order valence-corrected chi connectivity index (χ1v) is 20.2. The third-order valence-electron chi connectivity index (χ3n) is 13.2. The molecular formula is C56H42. The van der Waals surface area contributed by atoms with Gasteiger partial charge in [0.05, 0.1) is 0 Å². The van der Waals surface area contributed by atoms with Crippen LogP contribution in [0.5, 0.6) is 0 Å². The molecule has 0 aliphatic heterocycles. The van der Waals surface area contributed by atoms with Gasteiger partial charge in [0.1, 0.15) is 0 Å². The molecule has 1 aliphatic rings. The lowest BCUT2D eigenvalue weighted by Crippen LogP contribution is -2.10. The summed E-state index contributed by atoms with van der Waals surface area (Å²) in [5, 5.41) is 18.7. The summed E-state index contributed by atoms with van der Waals surface area (Å²) in [6.45, 7) is 13.8. The van der Waals surface area contributed by atoms with Gasteiger partial charge in [0.15, 0.2) is 0 Å². The van der Waals surface area contributed by atoms with E-state index >= 15 is 0 Å². The SMILES string of the molecule is CC(C)(C)c1cc2ccc3ccc(-c4ccc5c(c4)-c4cccc6c(-c7ccc8ccc9cc(C(C)(C)C)cc%10ccc7c8c9%10)ccc-5c46)c4ccc(c1)c2c34. The van der Waals surface area contributed by atoms with Crippen LogP contribution in [0.4, 0.5) is 0 Å². The van der Waals surface area contributed by atoms with Gasteiger partial charge in [-0.2, -0.15) is 0 Å². The zero-order valence-corrected chi connectivity index (χ0v) is 32.9. The van der Waals surface area contributed by atoms with Crippen LogP contribution in [0.15, 0.2) is 146 Å². The summed E-state index contributed by atoms with van der Waals surface area (Å²) in [6.07, 6.45) is 0. The molecule has 0 aromatic heterocycles. The summed E-state index contributed by atoms with van der Waals surface area (Å²) in [7, 11) is 0. The van der Waals surface area contributed by atoms with E-state index in [2.05, 4.69) is 187 Å². The van der Waals surface area contributed by atoms with E-state index in [1.807, 2.05) is 0 Å². The molecule has 0 amide bonds. The molecule has 0 saturated carbocycles. The fraction of sp³-hybridized carbons (Fsp3) is 0.143. The van der Waals surface area contributed by atoms with E-state index in [-0.39, 0.29) is 10.8 Å². The van der Waals surface area contributed by atoms with Crippen LogP contribution in [0, 0.1) is 0 Å². The van der Waals surface area contributed by atoms with E-state index in [1.54, 1.807) is 0 Å². The number of hydrogen-bond acceptors (Lipinski definition) is 0.